The number of esters is 2. The monoisotopic (exact) mass is 455 g/mol. The molecule has 2 N–H and O–H groups in total. The largest absolute Gasteiger partial charge is 0.494 e. The van der Waals surface area contributed by atoms with Gasteiger partial charge in [-0.25, -0.2) is 18.4 Å². The Morgan fingerprint density at radius 1 is 1.03 bits per heavy atom. The van der Waals surface area contributed by atoms with Crippen molar-refractivity contribution in [3.05, 3.63) is 82.3 Å². The molecule has 0 radical (unpaired) electrons. The lowest BCUT2D eigenvalue weighted by atomic mass is 9.81. The molecule has 1 heterocycles. The lowest BCUT2D eigenvalue weighted by Crippen LogP contribution is -2.41. The number of allylic oxidation sites excluding steroid dienone is 1. The van der Waals surface area contributed by atoms with E-state index in [9.17, 15) is 23.6 Å². The molecule has 0 bridgehead atoms. The van der Waals surface area contributed by atoms with E-state index in [2.05, 4.69) is 0 Å². The summed E-state index contributed by atoms with van der Waals surface area (Å²) in [6.45, 7) is 0. The van der Waals surface area contributed by atoms with Crippen molar-refractivity contribution in [1.29, 1.82) is 5.26 Å². The fourth-order valence-electron chi connectivity index (χ4n) is 3.61. The topological polar surface area (TPSA) is 115 Å². The van der Waals surface area contributed by atoms with Gasteiger partial charge in [0.25, 0.3) is 0 Å². The van der Waals surface area contributed by atoms with E-state index in [0.717, 1.165) is 25.2 Å². The van der Waals surface area contributed by atoms with Gasteiger partial charge < -0.3 is 19.9 Å². The van der Waals surface area contributed by atoms with Gasteiger partial charge in [0.1, 0.15) is 17.3 Å². The number of carbonyl (C=O) groups is 2. The second-order valence-electron chi connectivity index (χ2n) is 6.77. The van der Waals surface area contributed by atoms with E-state index in [4.69, 9.17) is 19.9 Å². The molecular weight excluding hydrogens is 436 g/mol. The fourth-order valence-corrected chi connectivity index (χ4v) is 3.61. The number of hydrogen-bond donors (Lipinski definition) is 1. The second kappa shape index (κ2) is 9.40. The van der Waals surface area contributed by atoms with Crippen LogP contribution in [0.4, 0.5) is 14.5 Å². The zero-order valence-electron chi connectivity index (χ0n) is 17.9. The number of nitrogens with two attached hydrogens (primary N) is 1. The van der Waals surface area contributed by atoms with Crippen LogP contribution in [0.15, 0.2) is 65.1 Å². The molecule has 10 heteroatoms. The van der Waals surface area contributed by atoms with Crippen LogP contribution in [0.3, 0.4) is 0 Å². The summed E-state index contributed by atoms with van der Waals surface area (Å²) in [5.41, 5.74) is 5.34. The molecule has 2 aromatic rings. The molecule has 0 spiro atoms. The number of methoxy groups -OCH3 is 3. The van der Waals surface area contributed by atoms with Crippen LogP contribution in [-0.2, 0) is 19.1 Å². The van der Waals surface area contributed by atoms with Crippen molar-refractivity contribution in [2.45, 2.75) is 5.92 Å². The van der Waals surface area contributed by atoms with Crippen LogP contribution in [-0.4, -0.2) is 33.3 Å². The summed E-state index contributed by atoms with van der Waals surface area (Å²) in [5.74, 6) is -5.98. The third kappa shape index (κ3) is 3.96. The SMILES string of the molecule is COC(=O)C1=C(C(=O)OC)N(c2cc(OC)c(F)cc2F)C(N)=C(C#N)C1c1ccccc1. The number of carbonyl (C=O) groups excluding carboxylic acids is 2. The number of halogens is 2. The van der Waals surface area contributed by atoms with Gasteiger partial charge in [0.2, 0.25) is 0 Å². The zero-order valence-corrected chi connectivity index (χ0v) is 17.9. The molecule has 0 saturated heterocycles. The Labute approximate surface area is 188 Å². The predicted molar refractivity (Wildman–Crippen MR) is 112 cm³/mol. The van der Waals surface area contributed by atoms with Gasteiger partial charge in [-0.3, -0.25) is 4.90 Å². The summed E-state index contributed by atoms with van der Waals surface area (Å²) in [6.07, 6.45) is 0. The molecule has 2 aromatic carbocycles. The van der Waals surface area contributed by atoms with Gasteiger partial charge in [-0.05, 0) is 5.56 Å². The Hall–Kier alpha value is -4.39. The standard InChI is InChI=1S/C23H19F2N3O5/c1-31-17-10-16(14(24)9-15(17)25)28-20(23(30)33-3)19(22(29)32-2)18(13(11-26)21(28)27)12-7-5-4-6-8-12/h4-10,18H,27H2,1-3H3. The first kappa shape index (κ1) is 23.3. The number of ether oxygens (including phenoxy) is 3. The molecular formula is C23H19F2N3O5. The van der Waals surface area contributed by atoms with Crippen molar-refractivity contribution in [3.63, 3.8) is 0 Å². The first-order valence-corrected chi connectivity index (χ1v) is 9.49. The van der Waals surface area contributed by atoms with Gasteiger partial charge in [0.05, 0.1) is 50.2 Å². The van der Waals surface area contributed by atoms with Crippen LogP contribution in [0.5, 0.6) is 5.75 Å². The summed E-state index contributed by atoms with van der Waals surface area (Å²) in [4.78, 5) is 26.7. The number of nitrogens with zero attached hydrogens (tertiary/aromatic N) is 2. The molecule has 8 nitrogen and oxygen atoms in total. The number of nitriles is 1. The Morgan fingerprint density at radius 2 is 1.67 bits per heavy atom. The second-order valence-corrected chi connectivity index (χ2v) is 6.77. The molecule has 1 aliphatic heterocycles. The highest BCUT2D eigenvalue weighted by Gasteiger charge is 2.43. The quantitative estimate of drug-likeness (QED) is 0.685. The van der Waals surface area contributed by atoms with Gasteiger partial charge in [-0.2, -0.15) is 5.26 Å². The Bertz CT molecular complexity index is 1220. The minimum Gasteiger partial charge on any atom is -0.494 e. The summed E-state index contributed by atoms with van der Waals surface area (Å²) < 4.78 is 43.6. The van der Waals surface area contributed by atoms with E-state index in [1.165, 1.54) is 7.11 Å². The maximum Gasteiger partial charge on any atom is 0.355 e. The molecule has 3 rings (SSSR count). The van der Waals surface area contributed by atoms with Gasteiger partial charge >= 0.3 is 11.9 Å². The van der Waals surface area contributed by atoms with Crippen molar-refractivity contribution < 1.29 is 32.6 Å². The van der Waals surface area contributed by atoms with Crippen molar-refractivity contribution in [2.75, 3.05) is 26.2 Å². The van der Waals surface area contributed by atoms with E-state index in [1.807, 2.05) is 6.07 Å². The summed E-state index contributed by atoms with van der Waals surface area (Å²) in [7, 11) is 3.31. The Kier molecular flexibility index (Phi) is 6.63. The molecule has 0 aromatic heterocycles. The summed E-state index contributed by atoms with van der Waals surface area (Å²) in [5, 5.41) is 9.94. The number of rotatable bonds is 5. The van der Waals surface area contributed by atoms with Crippen molar-refractivity contribution in [1.82, 2.24) is 0 Å². The maximum atomic E-state index is 14.9. The van der Waals surface area contributed by atoms with E-state index in [1.54, 1.807) is 30.3 Å². The van der Waals surface area contributed by atoms with E-state index < -0.39 is 40.9 Å². The predicted octanol–water partition coefficient (Wildman–Crippen LogP) is 2.87. The molecule has 1 atom stereocenters. The average Bonchev–Trinajstić information content (AvgIpc) is 2.83. The molecule has 0 aliphatic carbocycles. The van der Waals surface area contributed by atoms with Gasteiger partial charge in [-0.1, -0.05) is 30.3 Å². The Morgan fingerprint density at radius 3 is 2.21 bits per heavy atom. The molecule has 170 valence electrons. The highest BCUT2D eigenvalue weighted by molar-refractivity contribution is 6.06. The lowest BCUT2D eigenvalue weighted by Gasteiger charge is -2.36. The van der Waals surface area contributed by atoms with Crippen LogP contribution in [0.25, 0.3) is 0 Å². The van der Waals surface area contributed by atoms with Crippen LogP contribution in [0.1, 0.15) is 11.5 Å². The number of anilines is 1. The van der Waals surface area contributed by atoms with Crippen LogP contribution < -0.4 is 15.4 Å². The summed E-state index contributed by atoms with van der Waals surface area (Å²) >= 11 is 0. The number of hydrogen-bond acceptors (Lipinski definition) is 8. The first-order valence-electron chi connectivity index (χ1n) is 9.49. The fraction of sp³-hybridized carbons (Fsp3) is 0.174. The third-order valence-corrected chi connectivity index (χ3v) is 5.07. The third-order valence-electron chi connectivity index (χ3n) is 5.07. The zero-order chi connectivity index (χ0) is 24.3. The van der Waals surface area contributed by atoms with Gasteiger partial charge in [-0.15, -0.1) is 0 Å². The van der Waals surface area contributed by atoms with Crippen LogP contribution >= 0.6 is 0 Å². The highest BCUT2D eigenvalue weighted by Crippen LogP contribution is 2.44. The van der Waals surface area contributed by atoms with E-state index in [-0.39, 0.29) is 22.7 Å². The highest BCUT2D eigenvalue weighted by atomic mass is 19.1. The molecule has 0 fully saturated rings. The van der Waals surface area contributed by atoms with Crippen LogP contribution in [0.2, 0.25) is 0 Å². The minimum atomic E-state index is -1.13. The summed E-state index contributed by atoms with van der Waals surface area (Å²) in [6, 6.07) is 11.7. The lowest BCUT2D eigenvalue weighted by molar-refractivity contribution is -0.139. The molecule has 33 heavy (non-hydrogen) atoms. The van der Waals surface area contributed by atoms with Crippen molar-refractivity contribution in [3.8, 4) is 11.8 Å². The van der Waals surface area contributed by atoms with E-state index in [0.29, 0.717) is 11.6 Å². The smallest absolute Gasteiger partial charge is 0.355 e. The van der Waals surface area contributed by atoms with E-state index >= 15 is 0 Å². The molecule has 0 amide bonds. The molecule has 1 aliphatic rings. The van der Waals surface area contributed by atoms with Crippen molar-refractivity contribution >= 4 is 17.6 Å². The van der Waals surface area contributed by atoms with Gasteiger partial charge in [0, 0.05) is 12.1 Å². The average molecular weight is 455 g/mol. The number of benzene rings is 2. The molecule has 0 saturated carbocycles. The van der Waals surface area contributed by atoms with Crippen molar-refractivity contribution in [2.24, 2.45) is 5.73 Å². The molecule has 1 unspecified atom stereocenters. The maximum absolute atomic E-state index is 14.9. The Balaban J connectivity index is 2.46. The van der Waals surface area contributed by atoms with Crippen LogP contribution in [0, 0.1) is 23.0 Å². The minimum absolute atomic E-state index is 0.156. The first-order chi connectivity index (χ1) is 15.8. The normalized spacial score (nSPS) is 15.8. The van der Waals surface area contributed by atoms with Gasteiger partial charge in [0.15, 0.2) is 11.6 Å².